The van der Waals surface area contributed by atoms with Crippen molar-refractivity contribution in [3.63, 3.8) is 0 Å². The van der Waals surface area contributed by atoms with Crippen LogP contribution in [0.15, 0.2) is 48.8 Å². The van der Waals surface area contributed by atoms with Crippen molar-refractivity contribution in [2.24, 2.45) is 0 Å². The molecule has 0 aliphatic heterocycles. The molecule has 1 atom stereocenters. The number of nitrogens with one attached hydrogen (secondary N) is 2. The van der Waals surface area contributed by atoms with Crippen LogP contribution in [0.25, 0.3) is 0 Å². The summed E-state index contributed by atoms with van der Waals surface area (Å²) in [5.74, 6) is -0.115. The average molecular weight is 326 g/mol. The molecular formula is C19H26N4O. The highest BCUT2D eigenvalue weighted by molar-refractivity contribution is 5.94. The summed E-state index contributed by atoms with van der Waals surface area (Å²) in [7, 11) is 4.11. The summed E-state index contributed by atoms with van der Waals surface area (Å²) in [5.41, 5.74) is 2.51. The first-order valence-electron chi connectivity index (χ1n) is 8.25. The standard InChI is InChI=1S/C19H26N4O/c1-15(16-8-5-4-6-9-16)22-19(24)17-12-18(14-20-13-17)21-10-7-11-23(2)3/h4-6,8-9,12-15,21H,7,10-11H2,1-3H3,(H,22,24). The molecule has 2 rings (SSSR count). The van der Waals surface area contributed by atoms with Gasteiger partial charge in [-0.2, -0.15) is 0 Å². The molecule has 1 amide bonds. The van der Waals surface area contributed by atoms with Crippen LogP contribution in [0.1, 0.15) is 35.3 Å². The van der Waals surface area contributed by atoms with E-state index < -0.39 is 0 Å². The number of pyridine rings is 1. The van der Waals surface area contributed by atoms with Crippen molar-refractivity contribution in [1.82, 2.24) is 15.2 Å². The number of amides is 1. The largest absolute Gasteiger partial charge is 0.384 e. The number of carbonyl (C=O) groups is 1. The maximum atomic E-state index is 12.4. The molecule has 0 spiro atoms. The van der Waals surface area contributed by atoms with Gasteiger partial charge in [-0.1, -0.05) is 30.3 Å². The Morgan fingerprint density at radius 1 is 1.21 bits per heavy atom. The Morgan fingerprint density at radius 3 is 2.67 bits per heavy atom. The maximum Gasteiger partial charge on any atom is 0.253 e. The van der Waals surface area contributed by atoms with Crippen LogP contribution in [-0.4, -0.2) is 43.0 Å². The number of rotatable bonds is 8. The highest BCUT2D eigenvalue weighted by atomic mass is 16.1. The molecule has 1 heterocycles. The summed E-state index contributed by atoms with van der Waals surface area (Å²) in [6.45, 7) is 3.85. The molecule has 2 aromatic rings. The van der Waals surface area contributed by atoms with Crippen LogP contribution < -0.4 is 10.6 Å². The van der Waals surface area contributed by atoms with Crippen LogP contribution in [0.5, 0.6) is 0 Å². The lowest BCUT2D eigenvalue weighted by molar-refractivity contribution is 0.0939. The number of nitrogens with zero attached hydrogens (tertiary/aromatic N) is 2. The number of carbonyl (C=O) groups excluding carboxylic acids is 1. The van der Waals surface area contributed by atoms with Crippen LogP contribution in [0.3, 0.4) is 0 Å². The Hall–Kier alpha value is -2.40. The first-order valence-corrected chi connectivity index (χ1v) is 8.25. The van der Waals surface area contributed by atoms with Crippen molar-refractivity contribution >= 4 is 11.6 Å². The summed E-state index contributed by atoms with van der Waals surface area (Å²) >= 11 is 0. The zero-order valence-electron chi connectivity index (χ0n) is 14.6. The predicted octanol–water partition coefficient (Wildman–Crippen LogP) is 2.94. The van der Waals surface area contributed by atoms with Gasteiger partial charge in [0.2, 0.25) is 0 Å². The Kier molecular flexibility index (Phi) is 6.75. The predicted molar refractivity (Wildman–Crippen MR) is 98.2 cm³/mol. The third-order valence-electron chi connectivity index (χ3n) is 3.76. The van der Waals surface area contributed by atoms with Crippen LogP contribution in [0, 0.1) is 0 Å². The summed E-state index contributed by atoms with van der Waals surface area (Å²) in [6, 6.07) is 11.7. The van der Waals surface area contributed by atoms with E-state index in [0.29, 0.717) is 5.56 Å². The van der Waals surface area contributed by atoms with Crippen molar-refractivity contribution in [1.29, 1.82) is 0 Å². The molecule has 1 unspecified atom stereocenters. The molecule has 5 heteroatoms. The van der Waals surface area contributed by atoms with E-state index in [9.17, 15) is 4.79 Å². The summed E-state index contributed by atoms with van der Waals surface area (Å²) < 4.78 is 0. The molecule has 1 aromatic heterocycles. The maximum absolute atomic E-state index is 12.4. The molecule has 0 bridgehead atoms. The van der Waals surface area contributed by atoms with Gasteiger partial charge in [-0.25, -0.2) is 0 Å². The third kappa shape index (κ3) is 5.66. The van der Waals surface area contributed by atoms with Crippen LogP contribution >= 0.6 is 0 Å². The van der Waals surface area contributed by atoms with E-state index in [1.807, 2.05) is 43.3 Å². The number of benzene rings is 1. The minimum absolute atomic E-state index is 0.0459. The minimum Gasteiger partial charge on any atom is -0.384 e. The van der Waals surface area contributed by atoms with E-state index in [-0.39, 0.29) is 11.9 Å². The number of hydrogen-bond acceptors (Lipinski definition) is 4. The van der Waals surface area contributed by atoms with E-state index in [2.05, 4.69) is 34.6 Å². The molecule has 0 aliphatic rings. The molecule has 1 aromatic carbocycles. The second-order valence-corrected chi connectivity index (χ2v) is 6.15. The second-order valence-electron chi connectivity index (χ2n) is 6.15. The number of hydrogen-bond donors (Lipinski definition) is 2. The first kappa shape index (κ1) is 17.9. The molecular weight excluding hydrogens is 300 g/mol. The Balaban J connectivity index is 1.91. The van der Waals surface area contributed by atoms with Crippen molar-refractivity contribution in [2.75, 3.05) is 32.5 Å². The molecule has 0 saturated carbocycles. The highest BCUT2D eigenvalue weighted by Crippen LogP contribution is 2.14. The van der Waals surface area contributed by atoms with Gasteiger partial charge in [0.25, 0.3) is 5.91 Å². The van der Waals surface area contributed by atoms with Crippen LogP contribution in [-0.2, 0) is 0 Å². The fraction of sp³-hybridized carbons (Fsp3) is 0.368. The summed E-state index contributed by atoms with van der Waals surface area (Å²) in [5, 5.41) is 6.32. The van der Waals surface area contributed by atoms with Crippen molar-refractivity contribution < 1.29 is 4.79 Å². The van der Waals surface area contributed by atoms with E-state index in [4.69, 9.17) is 0 Å². The van der Waals surface area contributed by atoms with E-state index >= 15 is 0 Å². The number of anilines is 1. The topological polar surface area (TPSA) is 57.3 Å². The Bertz CT molecular complexity index is 643. The molecule has 2 N–H and O–H groups in total. The first-order chi connectivity index (χ1) is 11.6. The van der Waals surface area contributed by atoms with Gasteiger partial charge in [-0.15, -0.1) is 0 Å². The zero-order valence-corrected chi connectivity index (χ0v) is 14.6. The highest BCUT2D eigenvalue weighted by Gasteiger charge is 2.12. The van der Waals surface area contributed by atoms with E-state index in [0.717, 1.165) is 30.8 Å². The molecule has 128 valence electrons. The van der Waals surface area contributed by atoms with E-state index in [1.54, 1.807) is 12.4 Å². The molecule has 0 radical (unpaired) electrons. The smallest absolute Gasteiger partial charge is 0.253 e. The summed E-state index contributed by atoms with van der Waals surface area (Å²) in [4.78, 5) is 18.7. The number of aromatic nitrogens is 1. The quantitative estimate of drug-likeness (QED) is 0.732. The van der Waals surface area contributed by atoms with Crippen molar-refractivity contribution in [2.45, 2.75) is 19.4 Å². The van der Waals surface area contributed by atoms with Gasteiger partial charge < -0.3 is 15.5 Å². The van der Waals surface area contributed by atoms with Gasteiger partial charge in [0.1, 0.15) is 0 Å². The van der Waals surface area contributed by atoms with Gasteiger partial charge in [-0.05, 0) is 45.6 Å². The molecule has 0 fully saturated rings. The normalized spacial score (nSPS) is 12.0. The summed E-state index contributed by atoms with van der Waals surface area (Å²) in [6.07, 6.45) is 4.37. The van der Waals surface area contributed by atoms with Crippen molar-refractivity contribution in [3.05, 3.63) is 59.9 Å². The lowest BCUT2D eigenvalue weighted by Gasteiger charge is -2.15. The van der Waals surface area contributed by atoms with Crippen molar-refractivity contribution in [3.8, 4) is 0 Å². The Labute approximate surface area is 144 Å². The lowest BCUT2D eigenvalue weighted by Crippen LogP contribution is -2.26. The molecule has 0 saturated heterocycles. The van der Waals surface area contributed by atoms with Gasteiger partial charge in [0.15, 0.2) is 0 Å². The van der Waals surface area contributed by atoms with Gasteiger partial charge in [-0.3, -0.25) is 9.78 Å². The van der Waals surface area contributed by atoms with Gasteiger partial charge in [0, 0.05) is 18.9 Å². The fourth-order valence-corrected chi connectivity index (χ4v) is 2.39. The molecule has 24 heavy (non-hydrogen) atoms. The monoisotopic (exact) mass is 326 g/mol. The third-order valence-corrected chi connectivity index (χ3v) is 3.76. The SMILES string of the molecule is CC(NC(=O)c1cncc(NCCCN(C)C)c1)c1ccccc1. The van der Waals surface area contributed by atoms with E-state index in [1.165, 1.54) is 0 Å². The molecule has 0 aliphatic carbocycles. The average Bonchev–Trinajstić information content (AvgIpc) is 2.59. The Morgan fingerprint density at radius 2 is 1.96 bits per heavy atom. The van der Waals surface area contributed by atoms with Crippen LogP contribution in [0.2, 0.25) is 0 Å². The zero-order chi connectivity index (χ0) is 17.4. The van der Waals surface area contributed by atoms with Gasteiger partial charge in [0.05, 0.1) is 17.3 Å². The molecule has 5 nitrogen and oxygen atoms in total. The fourth-order valence-electron chi connectivity index (χ4n) is 2.39. The second kappa shape index (κ2) is 9.03. The van der Waals surface area contributed by atoms with Crippen LogP contribution in [0.4, 0.5) is 5.69 Å². The lowest BCUT2D eigenvalue weighted by atomic mass is 10.1. The van der Waals surface area contributed by atoms with Gasteiger partial charge >= 0.3 is 0 Å². The minimum atomic E-state index is -0.115.